The molecule has 2 aliphatic heterocycles. The summed E-state index contributed by atoms with van der Waals surface area (Å²) in [6.07, 6.45) is 4.94. The van der Waals surface area contributed by atoms with Crippen LogP contribution in [0.15, 0.2) is 11.1 Å². The van der Waals surface area contributed by atoms with Crippen molar-refractivity contribution in [1.29, 1.82) is 0 Å². The minimum absolute atomic E-state index is 0.0578. The van der Waals surface area contributed by atoms with E-state index < -0.39 is 0 Å². The molecule has 2 rings (SSSR count). The minimum atomic E-state index is -0.385. The van der Waals surface area contributed by atoms with Crippen LogP contribution >= 0.6 is 11.8 Å². The van der Waals surface area contributed by atoms with E-state index in [1.165, 1.54) is 24.3 Å². The monoisotopic (exact) mass is 284 g/mol. The normalized spacial score (nSPS) is 27.1. The molecule has 106 valence electrons. The van der Waals surface area contributed by atoms with Gasteiger partial charge in [0.15, 0.2) is 0 Å². The van der Waals surface area contributed by atoms with Crippen LogP contribution in [0.4, 0.5) is 0 Å². The van der Waals surface area contributed by atoms with Gasteiger partial charge in [-0.1, -0.05) is 18.2 Å². The maximum Gasteiger partial charge on any atom is 0.333 e. The summed E-state index contributed by atoms with van der Waals surface area (Å²) in [4.78, 5) is 27.5. The Hall–Kier alpha value is -1.01. The number of carbonyl (C=O) groups excluding carboxylic acids is 2. The van der Waals surface area contributed by atoms with Crippen molar-refractivity contribution in [3.8, 4) is 0 Å². The maximum atomic E-state index is 12.2. The fourth-order valence-electron chi connectivity index (χ4n) is 2.32. The lowest BCUT2D eigenvalue weighted by Gasteiger charge is -2.29. The lowest BCUT2D eigenvalue weighted by atomic mass is 10.1. The largest absolute Gasteiger partial charge is 0.463 e. The van der Waals surface area contributed by atoms with E-state index in [0.29, 0.717) is 11.6 Å². The molecule has 0 aliphatic carbocycles. The van der Waals surface area contributed by atoms with Crippen molar-refractivity contribution < 1.29 is 14.3 Å². The lowest BCUT2D eigenvalue weighted by molar-refractivity contribution is -0.137. The van der Waals surface area contributed by atoms with Gasteiger partial charge in [-0.3, -0.25) is 9.69 Å². The Bertz CT molecular complexity index is 391. The Morgan fingerprint density at radius 1 is 1.42 bits per heavy atom. The van der Waals surface area contributed by atoms with E-state index >= 15 is 0 Å². The van der Waals surface area contributed by atoms with Gasteiger partial charge in [0.2, 0.25) is 0 Å². The van der Waals surface area contributed by atoms with Crippen LogP contribution in [0.25, 0.3) is 0 Å². The summed E-state index contributed by atoms with van der Waals surface area (Å²) in [5.41, 5.74) is 0. The van der Waals surface area contributed by atoms with Crippen molar-refractivity contribution in [3.63, 3.8) is 0 Å². The summed E-state index contributed by atoms with van der Waals surface area (Å²) in [6.45, 7) is 4.04. The molecule has 2 heterocycles. The fourth-order valence-corrected chi connectivity index (χ4v) is 3.58. The van der Waals surface area contributed by atoms with Gasteiger partial charge < -0.3 is 9.64 Å². The topological polar surface area (TPSA) is 49.9 Å². The molecule has 5 nitrogen and oxygen atoms in total. The van der Waals surface area contributed by atoms with Crippen LogP contribution in [0.2, 0.25) is 0 Å². The Morgan fingerprint density at radius 3 is 2.74 bits per heavy atom. The number of ether oxygens (including phenoxy) is 1. The molecular weight excluding hydrogens is 264 g/mol. The Kier molecular flexibility index (Phi) is 4.87. The Morgan fingerprint density at radius 2 is 2.11 bits per heavy atom. The number of rotatable bonds is 3. The molecule has 19 heavy (non-hydrogen) atoms. The molecule has 0 saturated carbocycles. The second kappa shape index (κ2) is 6.43. The standard InChI is InChI=1S/C13H20N2O3S/c1-3-18-11(16)9-10-14(2)12(17)13(19-10)15-7-5-4-6-8-15/h9,13H,3-8H2,1-2H3/t13-/m1/s1. The van der Waals surface area contributed by atoms with Crippen LogP contribution in [-0.4, -0.2) is 53.8 Å². The minimum Gasteiger partial charge on any atom is -0.463 e. The number of thioether (sulfide) groups is 1. The summed E-state index contributed by atoms with van der Waals surface area (Å²) in [5.74, 6) is -0.327. The molecule has 0 aromatic carbocycles. The van der Waals surface area contributed by atoms with Gasteiger partial charge in [0.1, 0.15) is 5.37 Å². The highest BCUT2D eigenvalue weighted by Crippen LogP contribution is 2.36. The van der Waals surface area contributed by atoms with Gasteiger partial charge in [-0.2, -0.15) is 0 Å². The number of hydrogen-bond donors (Lipinski definition) is 0. The predicted octanol–water partition coefficient (Wildman–Crippen LogP) is 1.41. The van der Waals surface area contributed by atoms with E-state index in [4.69, 9.17) is 4.74 Å². The number of hydrogen-bond acceptors (Lipinski definition) is 5. The molecule has 0 radical (unpaired) electrons. The third-order valence-corrected chi connectivity index (χ3v) is 4.71. The number of likely N-dealkylation sites (tertiary alicyclic amines) is 1. The van der Waals surface area contributed by atoms with E-state index in [1.807, 2.05) is 0 Å². The summed E-state index contributed by atoms with van der Waals surface area (Å²) >= 11 is 1.45. The number of piperidine rings is 1. The molecule has 2 saturated heterocycles. The molecule has 0 aromatic heterocycles. The van der Waals surface area contributed by atoms with Crippen LogP contribution in [0, 0.1) is 0 Å². The van der Waals surface area contributed by atoms with Crippen LogP contribution < -0.4 is 0 Å². The average Bonchev–Trinajstić information content (AvgIpc) is 2.68. The van der Waals surface area contributed by atoms with E-state index in [1.54, 1.807) is 18.9 Å². The summed E-state index contributed by atoms with van der Waals surface area (Å²) in [7, 11) is 1.71. The number of nitrogens with zero attached hydrogens (tertiary/aromatic N) is 2. The van der Waals surface area contributed by atoms with Crippen LogP contribution in [0.1, 0.15) is 26.2 Å². The van der Waals surface area contributed by atoms with Gasteiger partial charge in [0.25, 0.3) is 5.91 Å². The molecule has 2 aliphatic rings. The molecule has 6 heteroatoms. The molecule has 0 N–H and O–H groups in total. The number of carbonyl (C=O) groups is 2. The first-order valence-electron chi connectivity index (χ1n) is 6.70. The number of amides is 1. The third-order valence-electron chi connectivity index (χ3n) is 3.36. The third kappa shape index (κ3) is 3.30. The van der Waals surface area contributed by atoms with Gasteiger partial charge in [-0.25, -0.2) is 4.79 Å². The molecule has 0 unspecified atom stereocenters. The molecular formula is C13H20N2O3S. The zero-order valence-corrected chi connectivity index (χ0v) is 12.2. The van der Waals surface area contributed by atoms with Gasteiger partial charge in [0, 0.05) is 7.05 Å². The zero-order chi connectivity index (χ0) is 13.8. The van der Waals surface area contributed by atoms with Crippen molar-refractivity contribution >= 4 is 23.6 Å². The van der Waals surface area contributed by atoms with E-state index in [9.17, 15) is 9.59 Å². The first kappa shape index (κ1) is 14.4. The molecule has 1 amide bonds. The first-order chi connectivity index (χ1) is 9.13. The van der Waals surface area contributed by atoms with E-state index in [2.05, 4.69) is 4.90 Å². The molecule has 1 atom stereocenters. The van der Waals surface area contributed by atoms with Crippen molar-refractivity contribution in [2.75, 3.05) is 26.7 Å². The van der Waals surface area contributed by atoms with Gasteiger partial charge in [-0.05, 0) is 32.9 Å². The Labute approximate surface area is 117 Å². The number of esters is 1. The van der Waals surface area contributed by atoms with Gasteiger partial charge >= 0.3 is 5.97 Å². The fraction of sp³-hybridized carbons (Fsp3) is 0.692. The molecule has 0 aromatic rings. The smallest absolute Gasteiger partial charge is 0.333 e. The van der Waals surface area contributed by atoms with Crippen LogP contribution in [0.5, 0.6) is 0 Å². The van der Waals surface area contributed by atoms with Crippen LogP contribution in [0.3, 0.4) is 0 Å². The summed E-state index contributed by atoms with van der Waals surface area (Å²) in [5, 5.41) is 0.505. The zero-order valence-electron chi connectivity index (χ0n) is 11.4. The number of likely N-dealkylation sites (N-methyl/N-ethyl adjacent to an activating group) is 1. The first-order valence-corrected chi connectivity index (χ1v) is 7.58. The van der Waals surface area contributed by atoms with Crippen molar-refractivity contribution in [2.24, 2.45) is 0 Å². The summed E-state index contributed by atoms with van der Waals surface area (Å²) < 4.78 is 4.89. The van der Waals surface area contributed by atoms with Crippen molar-refractivity contribution in [2.45, 2.75) is 31.6 Å². The molecule has 2 fully saturated rings. The predicted molar refractivity (Wildman–Crippen MR) is 74.3 cm³/mol. The van der Waals surface area contributed by atoms with Crippen LogP contribution in [-0.2, 0) is 14.3 Å². The highest BCUT2D eigenvalue weighted by Gasteiger charge is 2.39. The van der Waals surface area contributed by atoms with Crippen molar-refractivity contribution in [3.05, 3.63) is 11.1 Å². The van der Waals surface area contributed by atoms with E-state index in [-0.39, 0.29) is 17.3 Å². The lowest BCUT2D eigenvalue weighted by Crippen LogP contribution is -2.42. The Balaban J connectivity index is 2.05. The second-order valence-electron chi connectivity index (χ2n) is 4.70. The second-order valence-corrected chi connectivity index (χ2v) is 5.80. The highest BCUT2D eigenvalue weighted by atomic mass is 32.2. The molecule has 0 spiro atoms. The van der Waals surface area contributed by atoms with Crippen molar-refractivity contribution in [1.82, 2.24) is 9.80 Å². The highest BCUT2D eigenvalue weighted by molar-refractivity contribution is 8.04. The average molecular weight is 284 g/mol. The summed E-state index contributed by atoms with van der Waals surface area (Å²) in [6, 6.07) is 0. The quantitative estimate of drug-likeness (QED) is 0.579. The van der Waals surface area contributed by atoms with E-state index in [0.717, 1.165) is 25.9 Å². The maximum absolute atomic E-state index is 12.2. The SMILES string of the molecule is CCOC(=O)C=C1S[C@@H](N2CCCCC2)C(=O)N1C. The molecule has 0 bridgehead atoms. The van der Waals surface area contributed by atoms with Gasteiger partial charge in [-0.15, -0.1) is 0 Å². The van der Waals surface area contributed by atoms with Gasteiger partial charge in [0.05, 0.1) is 17.7 Å².